The summed E-state index contributed by atoms with van der Waals surface area (Å²) in [6.45, 7) is 0. The Bertz CT molecular complexity index is 475. The molecular formula is C19H25NO. The van der Waals surface area contributed by atoms with Crippen LogP contribution in [0.4, 0.5) is 0 Å². The number of rotatable bonds is 3. The lowest BCUT2D eigenvalue weighted by atomic mass is 9.66. The minimum absolute atomic E-state index is 0.00207. The maximum atomic E-state index is 10.4. The summed E-state index contributed by atoms with van der Waals surface area (Å²) in [5.41, 5.74) is -0.00207. The van der Waals surface area contributed by atoms with Gasteiger partial charge in [-0.15, -0.1) is 12.8 Å². The van der Waals surface area contributed by atoms with Gasteiger partial charge in [-0.2, -0.15) is 0 Å². The van der Waals surface area contributed by atoms with Crippen LogP contribution in [0.2, 0.25) is 0 Å². The molecule has 0 aromatic rings. The van der Waals surface area contributed by atoms with Crippen LogP contribution in [0.25, 0.3) is 0 Å². The van der Waals surface area contributed by atoms with Crippen molar-refractivity contribution in [3.8, 4) is 24.7 Å². The van der Waals surface area contributed by atoms with Crippen LogP contribution in [0.15, 0.2) is 24.3 Å². The highest BCUT2D eigenvalue weighted by Crippen LogP contribution is 2.41. The number of aliphatic hydroxyl groups excluding tert-OH is 1. The van der Waals surface area contributed by atoms with E-state index in [-0.39, 0.29) is 17.6 Å². The molecule has 1 aliphatic heterocycles. The van der Waals surface area contributed by atoms with Crippen LogP contribution in [0, 0.1) is 30.6 Å². The second-order valence-electron chi connectivity index (χ2n) is 6.21. The fourth-order valence-electron chi connectivity index (χ4n) is 3.96. The Morgan fingerprint density at radius 1 is 1.14 bits per heavy atom. The van der Waals surface area contributed by atoms with Crippen LogP contribution in [0.1, 0.15) is 44.9 Å². The molecule has 1 aliphatic carbocycles. The van der Waals surface area contributed by atoms with Crippen LogP contribution in [-0.2, 0) is 0 Å². The van der Waals surface area contributed by atoms with Gasteiger partial charge in [-0.3, -0.25) is 0 Å². The van der Waals surface area contributed by atoms with E-state index in [0.29, 0.717) is 6.04 Å². The molecule has 2 N–H and O–H groups in total. The summed E-state index contributed by atoms with van der Waals surface area (Å²) in [6.07, 6.45) is 25.4. The highest BCUT2D eigenvalue weighted by Gasteiger charge is 2.45. The summed E-state index contributed by atoms with van der Waals surface area (Å²) >= 11 is 0. The summed E-state index contributed by atoms with van der Waals surface area (Å²) in [4.78, 5) is 0. The molecule has 1 heterocycles. The van der Waals surface area contributed by atoms with Gasteiger partial charge in [0.25, 0.3) is 0 Å². The van der Waals surface area contributed by atoms with Crippen LogP contribution in [-0.4, -0.2) is 22.8 Å². The van der Waals surface area contributed by atoms with Crippen molar-refractivity contribution < 1.29 is 5.11 Å². The smallest absolute Gasteiger partial charge is 0.0620 e. The number of aliphatic hydroxyl groups is 1. The third-order valence-corrected chi connectivity index (χ3v) is 4.88. The zero-order chi connectivity index (χ0) is 15.1. The number of piperidine rings is 1. The summed E-state index contributed by atoms with van der Waals surface area (Å²) in [6, 6.07) is 0.440. The molecule has 0 aromatic carbocycles. The molecule has 0 bridgehead atoms. The number of terminal acetylenes is 2. The van der Waals surface area contributed by atoms with Gasteiger partial charge in [0, 0.05) is 17.5 Å². The van der Waals surface area contributed by atoms with Crippen molar-refractivity contribution >= 4 is 0 Å². The van der Waals surface area contributed by atoms with Crippen LogP contribution in [0.3, 0.4) is 0 Å². The highest BCUT2D eigenvalue weighted by atomic mass is 16.3. The first-order valence-corrected chi connectivity index (χ1v) is 7.91. The summed E-state index contributed by atoms with van der Waals surface area (Å²) in [5.74, 6) is 5.21. The molecule has 1 saturated carbocycles. The first kappa shape index (κ1) is 15.9. The van der Waals surface area contributed by atoms with Crippen LogP contribution >= 0.6 is 0 Å². The van der Waals surface area contributed by atoms with Gasteiger partial charge in [0.15, 0.2) is 0 Å². The molecule has 2 nitrogen and oxygen atoms in total. The Morgan fingerprint density at radius 2 is 1.86 bits per heavy atom. The quantitative estimate of drug-likeness (QED) is 0.781. The van der Waals surface area contributed by atoms with E-state index >= 15 is 0 Å². The second-order valence-corrected chi connectivity index (χ2v) is 6.21. The molecule has 112 valence electrons. The topological polar surface area (TPSA) is 32.3 Å². The van der Waals surface area contributed by atoms with Gasteiger partial charge in [0.2, 0.25) is 0 Å². The third kappa shape index (κ3) is 3.79. The fraction of sp³-hybridized carbons (Fsp3) is 0.579. The largest absolute Gasteiger partial charge is 0.392 e. The van der Waals surface area contributed by atoms with Gasteiger partial charge >= 0.3 is 0 Å². The van der Waals surface area contributed by atoms with Crippen LogP contribution in [0.5, 0.6) is 0 Å². The van der Waals surface area contributed by atoms with Gasteiger partial charge < -0.3 is 10.4 Å². The molecule has 2 heteroatoms. The molecular weight excluding hydrogens is 258 g/mol. The minimum atomic E-state index is -0.296. The monoisotopic (exact) mass is 283 g/mol. The molecule has 2 aliphatic rings. The Kier molecular flexibility index (Phi) is 5.68. The van der Waals surface area contributed by atoms with Crippen molar-refractivity contribution in [2.24, 2.45) is 5.92 Å². The Morgan fingerprint density at radius 3 is 2.57 bits per heavy atom. The minimum Gasteiger partial charge on any atom is -0.392 e. The molecule has 4 atom stereocenters. The van der Waals surface area contributed by atoms with Gasteiger partial charge in [-0.25, -0.2) is 0 Å². The molecule has 0 aromatic heterocycles. The van der Waals surface area contributed by atoms with E-state index in [2.05, 4.69) is 23.2 Å². The normalized spacial score (nSPS) is 36.8. The molecule has 1 saturated heterocycles. The van der Waals surface area contributed by atoms with Crippen molar-refractivity contribution in [3.63, 3.8) is 0 Å². The standard InChI is InChI=1S/C19H25NO/c1-3-5-7-10-16-11-8-14-19(20-16)15-9-13-18(21)17(19)12-6-4-2/h1-2,5-7,12,16-18,20-21H,8-11,13-15H2. The first-order chi connectivity index (χ1) is 10.2. The van der Waals surface area contributed by atoms with Gasteiger partial charge in [0.1, 0.15) is 0 Å². The van der Waals surface area contributed by atoms with E-state index in [1.54, 1.807) is 12.2 Å². The zero-order valence-corrected chi connectivity index (χ0v) is 12.6. The number of hydrogen-bond donors (Lipinski definition) is 2. The maximum absolute atomic E-state index is 10.4. The lowest BCUT2D eigenvalue weighted by Gasteiger charge is -2.51. The molecule has 2 rings (SSSR count). The summed E-state index contributed by atoms with van der Waals surface area (Å²) in [5, 5.41) is 14.2. The number of allylic oxidation sites excluding steroid dienone is 2. The van der Waals surface area contributed by atoms with E-state index in [0.717, 1.165) is 32.1 Å². The van der Waals surface area contributed by atoms with Crippen molar-refractivity contribution in [1.29, 1.82) is 0 Å². The van der Waals surface area contributed by atoms with Crippen LogP contribution < -0.4 is 5.32 Å². The Balaban J connectivity index is 2.13. The summed E-state index contributed by atoms with van der Waals surface area (Å²) < 4.78 is 0. The van der Waals surface area contributed by atoms with Gasteiger partial charge in [-0.1, -0.05) is 30.4 Å². The second kappa shape index (κ2) is 7.51. The molecule has 2 fully saturated rings. The van der Waals surface area contributed by atoms with E-state index < -0.39 is 0 Å². The van der Waals surface area contributed by atoms with Crippen molar-refractivity contribution in [2.75, 3.05) is 0 Å². The molecule has 0 radical (unpaired) electrons. The lowest BCUT2D eigenvalue weighted by Crippen LogP contribution is -2.61. The lowest BCUT2D eigenvalue weighted by molar-refractivity contribution is 0.00394. The van der Waals surface area contributed by atoms with Crippen molar-refractivity contribution in [2.45, 2.75) is 62.6 Å². The summed E-state index contributed by atoms with van der Waals surface area (Å²) in [7, 11) is 0. The number of nitrogens with one attached hydrogen (secondary N) is 1. The highest BCUT2D eigenvalue weighted by molar-refractivity contribution is 5.18. The van der Waals surface area contributed by atoms with Gasteiger partial charge in [-0.05, 0) is 50.7 Å². The average molecular weight is 283 g/mol. The van der Waals surface area contributed by atoms with Gasteiger partial charge in [0.05, 0.1) is 6.10 Å². The Labute approximate surface area is 128 Å². The zero-order valence-electron chi connectivity index (χ0n) is 12.6. The fourth-order valence-corrected chi connectivity index (χ4v) is 3.96. The molecule has 1 spiro atoms. The Hall–Kier alpha value is -1.48. The first-order valence-electron chi connectivity index (χ1n) is 7.91. The van der Waals surface area contributed by atoms with E-state index in [1.807, 2.05) is 6.08 Å². The number of hydrogen-bond acceptors (Lipinski definition) is 2. The van der Waals surface area contributed by atoms with Crippen molar-refractivity contribution in [3.05, 3.63) is 24.3 Å². The van der Waals surface area contributed by atoms with E-state index in [9.17, 15) is 5.11 Å². The SMILES string of the molecule is C#CC=CCC1CCCC2(CCCC(O)C2C=CC#C)N1. The maximum Gasteiger partial charge on any atom is 0.0620 e. The third-order valence-electron chi connectivity index (χ3n) is 4.88. The predicted octanol–water partition coefficient (Wildman–Crippen LogP) is 2.80. The average Bonchev–Trinajstić information content (AvgIpc) is 2.47. The molecule has 4 unspecified atom stereocenters. The predicted molar refractivity (Wildman–Crippen MR) is 87.4 cm³/mol. The molecule has 0 amide bonds. The van der Waals surface area contributed by atoms with E-state index in [1.165, 1.54) is 12.8 Å². The van der Waals surface area contributed by atoms with Crippen molar-refractivity contribution in [1.82, 2.24) is 5.32 Å². The molecule has 21 heavy (non-hydrogen) atoms. The van der Waals surface area contributed by atoms with E-state index in [4.69, 9.17) is 12.8 Å².